The lowest BCUT2D eigenvalue weighted by molar-refractivity contribution is 0.00722. The normalized spacial score (nSPS) is 11.4. The van der Waals surface area contributed by atoms with E-state index in [4.69, 9.17) is 10.5 Å². The van der Waals surface area contributed by atoms with Crippen LogP contribution in [0.2, 0.25) is 0 Å². The number of carbonyl (C=O) groups is 1. The summed E-state index contributed by atoms with van der Waals surface area (Å²) >= 11 is 1.23. The molecule has 0 aliphatic heterocycles. The zero-order valence-corrected chi connectivity index (χ0v) is 12.3. The van der Waals surface area contributed by atoms with Crippen LogP contribution >= 0.6 is 11.3 Å². The van der Waals surface area contributed by atoms with Crippen molar-refractivity contribution in [3.8, 4) is 11.3 Å². The van der Waals surface area contributed by atoms with Gasteiger partial charge in [-0.25, -0.2) is 9.18 Å². The van der Waals surface area contributed by atoms with Crippen LogP contribution in [0.1, 0.15) is 31.1 Å². The van der Waals surface area contributed by atoms with Crippen molar-refractivity contribution in [3.63, 3.8) is 0 Å². The molecule has 20 heavy (non-hydrogen) atoms. The molecule has 4 nitrogen and oxygen atoms in total. The maximum absolute atomic E-state index is 12.9. The van der Waals surface area contributed by atoms with Crippen LogP contribution in [0.4, 0.5) is 9.39 Å². The highest BCUT2D eigenvalue weighted by Gasteiger charge is 2.25. The predicted octanol–water partition coefficient (Wildman–Crippen LogP) is 3.49. The van der Waals surface area contributed by atoms with E-state index in [1.165, 1.54) is 23.5 Å². The quantitative estimate of drug-likeness (QED) is 0.861. The molecule has 0 radical (unpaired) electrons. The molecule has 2 heterocycles. The third-order valence-corrected chi connectivity index (χ3v) is 3.24. The second-order valence-electron chi connectivity index (χ2n) is 5.25. The molecule has 2 N–H and O–H groups in total. The van der Waals surface area contributed by atoms with E-state index in [0.29, 0.717) is 16.3 Å². The van der Waals surface area contributed by atoms with Crippen molar-refractivity contribution in [2.24, 2.45) is 0 Å². The highest BCUT2D eigenvalue weighted by Crippen LogP contribution is 2.33. The summed E-state index contributed by atoms with van der Waals surface area (Å²) in [6, 6.07) is 2.79. The van der Waals surface area contributed by atoms with Crippen molar-refractivity contribution < 1.29 is 13.9 Å². The van der Waals surface area contributed by atoms with Crippen LogP contribution in [0.3, 0.4) is 0 Å². The molecule has 2 rings (SSSR count). The van der Waals surface area contributed by atoms with Gasteiger partial charge in [-0.1, -0.05) is 0 Å². The lowest BCUT2D eigenvalue weighted by atomic mass is 10.1. The Bertz CT molecular complexity index is 630. The first-order chi connectivity index (χ1) is 9.28. The fraction of sp³-hybridized carbons (Fsp3) is 0.286. The van der Waals surface area contributed by atoms with Crippen molar-refractivity contribution in [2.45, 2.75) is 26.4 Å². The zero-order valence-electron chi connectivity index (χ0n) is 11.4. The molecule has 2 aromatic heterocycles. The number of carbonyl (C=O) groups excluding carboxylic acids is 1. The molecule has 0 aliphatic rings. The van der Waals surface area contributed by atoms with Gasteiger partial charge in [0, 0.05) is 10.9 Å². The number of aromatic nitrogens is 1. The summed E-state index contributed by atoms with van der Waals surface area (Å²) in [5.41, 5.74) is 6.56. The monoisotopic (exact) mass is 294 g/mol. The highest BCUT2D eigenvalue weighted by molar-refractivity contribution is 7.14. The number of nitrogens with two attached hydrogens (primary N) is 1. The molecule has 0 saturated carbocycles. The fourth-order valence-electron chi connectivity index (χ4n) is 1.64. The van der Waals surface area contributed by atoms with Gasteiger partial charge < -0.3 is 10.5 Å². The standard InChI is InChI=1S/C14H15FN2O2S/c1-14(2,3)19-13(18)11-9(7-20-12(11)16)10-5-4-8(15)6-17-10/h4-7H,16H2,1-3H3. The Labute approximate surface area is 120 Å². The minimum absolute atomic E-state index is 0.282. The summed E-state index contributed by atoms with van der Waals surface area (Å²) in [6.07, 6.45) is 1.10. The molecule has 0 amide bonds. The number of anilines is 1. The summed E-state index contributed by atoms with van der Waals surface area (Å²) in [5, 5.41) is 2.08. The van der Waals surface area contributed by atoms with Gasteiger partial charge in [0.05, 0.1) is 11.9 Å². The molecule has 0 aliphatic carbocycles. The van der Waals surface area contributed by atoms with E-state index < -0.39 is 17.4 Å². The number of nitrogens with zero attached hydrogens (tertiary/aromatic N) is 1. The molecular formula is C14H15FN2O2S. The molecule has 6 heteroatoms. The maximum Gasteiger partial charge on any atom is 0.342 e. The second-order valence-corrected chi connectivity index (χ2v) is 6.16. The number of hydrogen-bond donors (Lipinski definition) is 1. The molecule has 0 atom stereocenters. The van der Waals surface area contributed by atoms with Crippen LogP contribution in [0.15, 0.2) is 23.7 Å². The Morgan fingerprint density at radius 2 is 2.10 bits per heavy atom. The molecule has 0 aromatic carbocycles. The van der Waals surface area contributed by atoms with Gasteiger partial charge in [-0.2, -0.15) is 0 Å². The van der Waals surface area contributed by atoms with Crippen molar-refractivity contribution in [1.29, 1.82) is 0 Å². The Morgan fingerprint density at radius 1 is 1.40 bits per heavy atom. The first kappa shape index (κ1) is 14.5. The van der Waals surface area contributed by atoms with Crippen molar-refractivity contribution in [3.05, 3.63) is 35.1 Å². The van der Waals surface area contributed by atoms with Gasteiger partial charge >= 0.3 is 5.97 Å². The Balaban J connectivity index is 2.42. The number of hydrogen-bond acceptors (Lipinski definition) is 5. The Hall–Kier alpha value is -1.95. The van der Waals surface area contributed by atoms with E-state index >= 15 is 0 Å². The maximum atomic E-state index is 12.9. The second kappa shape index (κ2) is 5.20. The van der Waals surface area contributed by atoms with Gasteiger partial charge in [0.2, 0.25) is 0 Å². The van der Waals surface area contributed by atoms with Gasteiger partial charge in [-0.3, -0.25) is 4.98 Å². The SMILES string of the molecule is CC(C)(C)OC(=O)c1c(-c2ccc(F)cn2)csc1N. The first-order valence-electron chi connectivity index (χ1n) is 6.00. The molecule has 0 fully saturated rings. The highest BCUT2D eigenvalue weighted by atomic mass is 32.1. The van der Waals surface area contributed by atoms with E-state index in [9.17, 15) is 9.18 Å². The van der Waals surface area contributed by atoms with Gasteiger partial charge in [0.25, 0.3) is 0 Å². The number of thiophene rings is 1. The minimum Gasteiger partial charge on any atom is -0.456 e. The Kier molecular flexibility index (Phi) is 3.76. The summed E-state index contributed by atoms with van der Waals surface area (Å²) in [7, 11) is 0. The number of nitrogen functional groups attached to an aromatic ring is 1. The van der Waals surface area contributed by atoms with E-state index in [1.54, 1.807) is 26.2 Å². The van der Waals surface area contributed by atoms with Crippen molar-refractivity contribution in [1.82, 2.24) is 4.98 Å². The van der Waals surface area contributed by atoms with Crippen LogP contribution in [0.25, 0.3) is 11.3 Å². The molecule has 2 aromatic rings. The third-order valence-electron chi connectivity index (χ3n) is 2.43. The first-order valence-corrected chi connectivity index (χ1v) is 6.88. The van der Waals surface area contributed by atoms with E-state index in [1.807, 2.05) is 0 Å². The molecule has 0 unspecified atom stereocenters. The summed E-state index contributed by atoms with van der Waals surface area (Å²) in [6.45, 7) is 5.34. The van der Waals surface area contributed by atoms with Gasteiger partial charge in [0.1, 0.15) is 22.0 Å². The lowest BCUT2D eigenvalue weighted by Crippen LogP contribution is -2.24. The van der Waals surface area contributed by atoms with Crippen LogP contribution < -0.4 is 5.73 Å². The van der Waals surface area contributed by atoms with E-state index in [2.05, 4.69) is 4.98 Å². The smallest absolute Gasteiger partial charge is 0.342 e. The van der Waals surface area contributed by atoms with Crippen LogP contribution in [0.5, 0.6) is 0 Å². The topological polar surface area (TPSA) is 65.2 Å². The minimum atomic E-state index is -0.612. The number of esters is 1. The number of rotatable bonds is 2. The van der Waals surface area contributed by atoms with E-state index in [0.717, 1.165) is 6.20 Å². The van der Waals surface area contributed by atoms with Crippen LogP contribution in [-0.2, 0) is 4.74 Å². The molecular weight excluding hydrogens is 279 g/mol. The largest absolute Gasteiger partial charge is 0.456 e. The molecule has 0 saturated heterocycles. The van der Waals surface area contributed by atoms with Gasteiger partial charge in [-0.05, 0) is 32.9 Å². The van der Waals surface area contributed by atoms with Crippen molar-refractivity contribution >= 4 is 22.3 Å². The molecule has 106 valence electrons. The van der Waals surface area contributed by atoms with E-state index in [-0.39, 0.29) is 5.56 Å². The van der Waals surface area contributed by atoms with Gasteiger partial charge in [0.15, 0.2) is 0 Å². The number of halogens is 1. The average molecular weight is 294 g/mol. The molecule has 0 bridgehead atoms. The summed E-state index contributed by atoms with van der Waals surface area (Å²) in [4.78, 5) is 16.2. The predicted molar refractivity (Wildman–Crippen MR) is 77.1 cm³/mol. The lowest BCUT2D eigenvalue weighted by Gasteiger charge is -2.19. The van der Waals surface area contributed by atoms with Crippen molar-refractivity contribution in [2.75, 3.05) is 5.73 Å². The fourth-order valence-corrected chi connectivity index (χ4v) is 2.43. The summed E-state index contributed by atoms with van der Waals surface area (Å²) < 4.78 is 18.2. The van der Waals surface area contributed by atoms with Gasteiger partial charge in [-0.15, -0.1) is 11.3 Å². The van der Waals surface area contributed by atoms with Crippen LogP contribution in [0, 0.1) is 5.82 Å². The average Bonchev–Trinajstić information content (AvgIpc) is 2.70. The Morgan fingerprint density at radius 3 is 2.65 bits per heavy atom. The number of ether oxygens (including phenoxy) is 1. The summed E-state index contributed by atoms with van der Waals surface area (Å²) in [5.74, 6) is -0.937. The molecule has 0 spiro atoms. The zero-order chi connectivity index (χ0) is 14.9. The third kappa shape index (κ3) is 3.14. The van der Waals surface area contributed by atoms with Crippen LogP contribution in [-0.4, -0.2) is 16.6 Å². The number of pyridine rings is 1.